The molecule has 86 valence electrons. The molecule has 5 nitrogen and oxygen atoms in total. The highest BCUT2D eigenvalue weighted by Crippen LogP contribution is 2.24. The number of esters is 1. The summed E-state index contributed by atoms with van der Waals surface area (Å²) in [6.07, 6.45) is 0. The Balaban J connectivity index is 3.40. The van der Waals surface area contributed by atoms with E-state index < -0.39 is 10.9 Å². The van der Waals surface area contributed by atoms with E-state index in [9.17, 15) is 14.9 Å². The largest absolute Gasteiger partial charge is 0.465 e. The maximum absolute atomic E-state index is 11.4. The van der Waals surface area contributed by atoms with Crippen molar-refractivity contribution in [2.45, 2.75) is 12.8 Å². The number of carbonyl (C=O) groups is 1. The SMILES string of the molecule is COC(=O)c1c(C)cc([N+](=O)[O-])cc1CCl. The van der Waals surface area contributed by atoms with Crippen LogP contribution in [0.25, 0.3) is 0 Å². The van der Waals surface area contributed by atoms with Gasteiger partial charge in [0.25, 0.3) is 5.69 Å². The molecular weight excluding hydrogens is 234 g/mol. The molecule has 0 fully saturated rings. The standard InChI is InChI=1S/C10H10ClNO4/c1-6-3-8(12(14)15)4-7(5-11)9(6)10(13)16-2/h3-4H,5H2,1-2H3. The second-order valence-corrected chi connectivity index (χ2v) is 3.45. The van der Waals surface area contributed by atoms with E-state index in [0.29, 0.717) is 16.7 Å². The normalized spacial score (nSPS) is 9.94. The summed E-state index contributed by atoms with van der Waals surface area (Å²) in [7, 11) is 1.25. The minimum absolute atomic E-state index is 0.0208. The Labute approximate surface area is 97.1 Å². The maximum atomic E-state index is 11.4. The second kappa shape index (κ2) is 4.94. The highest BCUT2D eigenvalue weighted by molar-refractivity contribution is 6.17. The smallest absolute Gasteiger partial charge is 0.338 e. The van der Waals surface area contributed by atoms with Crippen molar-refractivity contribution >= 4 is 23.3 Å². The second-order valence-electron chi connectivity index (χ2n) is 3.18. The van der Waals surface area contributed by atoms with Crippen LogP contribution >= 0.6 is 11.6 Å². The number of benzene rings is 1. The summed E-state index contributed by atoms with van der Waals surface area (Å²) in [5, 5.41) is 10.6. The van der Waals surface area contributed by atoms with Gasteiger partial charge in [-0.3, -0.25) is 10.1 Å². The lowest BCUT2D eigenvalue weighted by atomic mass is 10.0. The number of hydrogen-bond donors (Lipinski definition) is 0. The van der Waals surface area contributed by atoms with Gasteiger partial charge in [0.05, 0.1) is 17.6 Å². The minimum Gasteiger partial charge on any atom is -0.465 e. The molecule has 0 N–H and O–H groups in total. The number of nitro benzene ring substituents is 1. The molecule has 6 heteroatoms. The summed E-state index contributed by atoms with van der Waals surface area (Å²) in [4.78, 5) is 21.5. The minimum atomic E-state index is -0.539. The first-order valence-corrected chi connectivity index (χ1v) is 4.97. The molecule has 1 rings (SSSR count). The van der Waals surface area contributed by atoms with Crippen LogP contribution in [-0.4, -0.2) is 18.0 Å². The average Bonchev–Trinajstić information content (AvgIpc) is 2.26. The molecule has 0 aliphatic carbocycles. The van der Waals surface area contributed by atoms with E-state index in [1.165, 1.54) is 19.2 Å². The van der Waals surface area contributed by atoms with Gasteiger partial charge < -0.3 is 4.74 Å². The monoisotopic (exact) mass is 243 g/mol. The number of halogens is 1. The number of non-ortho nitro benzene ring substituents is 1. The zero-order chi connectivity index (χ0) is 12.3. The van der Waals surface area contributed by atoms with Gasteiger partial charge in [0.15, 0.2) is 0 Å². The number of carbonyl (C=O) groups excluding carboxylic acids is 1. The molecule has 0 aliphatic rings. The number of ether oxygens (including phenoxy) is 1. The summed E-state index contributed by atoms with van der Waals surface area (Å²) in [6, 6.07) is 2.61. The number of hydrogen-bond acceptors (Lipinski definition) is 4. The number of aryl methyl sites for hydroxylation is 1. The zero-order valence-electron chi connectivity index (χ0n) is 8.82. The van der Waals surface area contributed by atoms with Crippen molar-refractivity contribution in [1.82, 2.24) is 0 Å². The molecule has 1 aromatic rings. The highest BCUT2D eigenvalue weighted by Gasteiger charge is 2.19. The Hall–Kier alpha value is -1.62. The fourth-order valence-electron chi connectivity index (χ4n) is 1.44. The van der Waals surface area contributed by atoms with Crippen molar-refractivity contribution in [3.63, 3.8) is 0 Å². The molecule has 0 saturated heterocycles. The lowest BCUT2D eigenvalue weighted by Crippen LogP contribution is -2.08. The summed E-state index contributed by atoms with van der Waals surface area (Å²) >= 11 is 5.65. The fraction of sp³-hybridized carbons (Fsp3) is 0.300. The maximum Gasteiger partial charge on any atom is 0.338 e. The van der Waals surface area contributed by atoms with Gasteiger partial charge >= 0.3 is 5.97 Å². The predicted molar refractivity (Wildman–Crippen MR) is 58.7 cm³/mol. The first-order chi connectivity index (χ1) is 7.51. The van der Waals surface area contributed by atoms with Gasteiger partial charge in [-0.25, -0.2) is 4.79 Å². The number of nitro groups is 1. The quantitative estimate of drug-likeness (QED) is 0.354. The van der Waals surface area contributed by atoms with Gasteiger partial charge in [-0.1, -0.05) is 0 Å². The van der Waals surface area contributed by atoms with Crippen LogP contribution in [0.4, 0.5) is 5.69 Å². The van der Waals surface area contributed by atoms with E-state index in [1.807, 2.05) is 0 Å². The predicted octanol–water partition coefficient (Wildman–Crippen LogP) is 2.43. The van der Waals surface area contributed by atoms with Gasteiger partial charge in [-0.05, 0) is 18.1 Å². The van der Waals surface area contributed by atoms with E-state index in [2.05, 4.69) is 4.74 Å². The zero-order valence-corrected chi connectivity index (χ0v) is 9.58. The van der Waals surface area contributed by atoms with E-state index in [1.54, 1.807) is 6.92 Å². The third-order valence-electron chi connectivity index (χ3n) is 2.15. The lowest BCUT2D eigenvalue weighted by Gasteiger charge is -2.08. The van der Waals surface area contributed by atoms with Crippen LogP contribution < -0.4 is 0 Å². The Bertz CT molecular complexity index is 445. The fourth-order valence-corrected chi connectivity index (χ4v) is 1.66. The molecule has 0 aliphatic heterocycles. The summed E-state index contributed by atoms with van der Waals surface area (Å²) in [6.45, 7) is 1.61. The average molecular weight is 244 g/mol. The Morgan fingerprint density at radius 3 is 2.62 bits per heavy atom. The Kier molecular flexibility index (Phi) is 3.84. The van der Waals surface area contributed by atoms with Crippen LogP contribution in [-0.2, 0) is 10.6 Å². The van der Waals surface area contributed by atoms with Gasteiger partial charge in [0.1, 0.15) is 0 Å². The molecule has 0 atom stereocenters. The lowest BCUT2D eigenvalue weighted by molar-refractivity contribution is -0.385. The summed E-state index contributed by atoms with van der Waals surface area (Å²) < 4.78 is 4.59. The molecule has 16 heavy (non-hydrogen) atoms. The Morgan fingerprint density at radius 2 is 2.19 bits per heavy atom. The van der Waals surface area contributed by atoms with Crippen LogP contribution in [0.2, 0.25) is 0 Å². The van der Waals surface area contributed by atoms with E-state index in [4.69, 9.17) is 11.6 Å². The third kappa shape index (κ3) is 2.30. The summed E-state index contributed by atoms with van der Waals surface area (Å²) in [5.74, 6) is -0.518. The molecule has 0 radical (unpaired) electrons. The van der Waals surface area contributed by atoms with Crippen molar-refractivity contribution in [3.8, 4) is 0 Å². The number of methoxy groups -OCH3 is 1. The molecule has 0 saturated carbocycles. The molecule has 0 spiro atoms. The van der Waals surface area contributed by atoms with Crippen LogP contribution in [0, 0.1) is 17.0 Å². The molecular formula is C10H10ClNO4. The molecule has 1 aromatic carbocycles. The van der Waals surface area contributed by atoms with E-state index in [0.717, 1.165) is 0 Å². The number of rotatable bonds is 3. The van der Waals surface area contributed by atoms with Crippen molar-refractivity contribution in [2.75, 3.05) is 7.11 Å². The topological polar surface area (TPSA) is 69.4 Å². The van der Waals surface area contributed by atoms with Gasteiger partial charge in [0, 0.05) is 18.0 Å². The molecule has 0 aromatic heterocycles. The first-order valence-electron chi connectivity index (χ1n) is 4.43. The molecule has 0 bridgehead atoms. The van der Waals surface area contributed by atoms with Crippen LogP contribution in [0.5, 0.6) is 0 Å². The first kappa shape index (κ1) is 12.4. The van der Waals surface area contributed by atoms with Crippen molar-refractivity contribution in [1.29, 1.82) is 0 Å². The molecule has 0 amide bonds. The van der Waals surface area contributed by atoms with Gasteiger partial charge in [-0.15, -0.1) is 11.6 Å². The van der Waals surface area contributed by atoms with Gasteiger partial charge in [0.2, 0.25) is 0 Å². The van der Waals surface area contributed by atoms with Crippen molar-refractivity contribution in [3.05, 3.63) is 38.9 Å². The highest BCUT2D eigenvalue weighted by atomic mass is 35.5. The number of nitrogens with zero attached hydrogens (tertiary/aromatic N) is 1. The van der Waals surface area contributed by atoms with E-state index in [-0.39, 0.29) is 11.6 Å². The number of alkyl halides is 1. The summed E-state index contributed by atoms with van der Waals surface area (Å²) in [5.41, 5.74) is 1.10. The van der Waals surface area contributed by atoms with Crippen molar-refractivity contribution in [2.24, 2.45) is 0 Å². The van der Waals surface area contributed by atoms with Crippen LogP contribution in [0.15, 0.2) is 12.1 Å². The third-order valence-corrected chi connectivity index (χ3v) is 2.43. The molecule has 0 unspecified atom stereocenters. The van der Waals surface area contributed by atoms with Crippen LogP contribution in [0.1, 0.15) is 21.5 Å². The Morgan fingerprint density at radius 1 is 1.56 bits per heavy atom. The molecule has 0 heterocycles. The van der Waals surface area contributed by atoms with Crippen molar-refractivity contribution < 1.29 is 14.5 Å². The van der Waals surface area contributed by atoms with Crippen LogP contribution in [0.3, 0.4) is 0 Å². The van der Waals surface area contributed by atoms with E-state index >= 15 is 0 Å². The van der Waals surface area contributed by atoms with Gasteiger partial charge in [-0.2, -0.15) is 0 Å².